The number of hydrogen-bond donors (Lipinski definition) is 1. The van der Waals surface area contributed by atoms with Gasteiger partial charge in [-0.05, 0) is 49.0 Å². The average Bonchev–Trinajstić information content (AvgIpc) is 3.18. The summed E-state index contributed by atoms with van der Waals surface area (Å²) in [6.45, 7) is 3.29. The molecule has 1 saturated carbocycles. The summed E-state index contributed by atoms with van der Waals surface area (Å²) in [5.41, 5.74) is 1.86. The van der Waals surface area contributed by atoms with Crippen LogP contribution in [0.5, 0.6) is 0 Å². The molecule has 6 heteroatoms. The molecule has 1 saturated heterocycles. The Hall–Kier alpha value is -1.89. The number of ether oxygens (including phenoxy) is 2. The molecule has 1 aromatic carbocycles. The van der Waals surface area contributed by atoms with E-state index in [1.807, 2.05) is 18.2 Å². The third kappa shape index (κ3) is 6.30. The van der Waals surface area contributed by atoms with Gasteiger partial charge < -0.3 is 14.8 Å². The van der Waals surface area contributed by atoms with Gasteiger partial charge in [-0.15, -0.1) is 0 Å². The van der Waals surface area contributed by atoms with Crippen molar-refractivity contribution in [3.63, 3.8) is 0 Å². The van der Waals surface area contributed by atoms with Crippen LogP contribution in [0.1, 0.15) is 44.2 Å². The molecule has 0 radical (unpaired) electrons. The Morgan fingerprint density at radius 3 is 2.63 bits per heavy atom. The van der Waals surface area contributed by atoms with Gasteiger partial charge in [0.1, 0.15) is 0 Å². The summed E-state index contributed by atoms with van der Waals surface area (Å²) < 4.78 is 49.7. The van der Waals surface area contributed by atoms with E-state index in [9.17, 15) is 13.2 Å². The Balaban J connectivity index is 1.76. The first-order chi connectivity index (χ1) is 14.5. The zero-order valence-corrected chi connectivity index (χ0v) is 17.3. The highest BCUT2D eigenvalue weighted by Gasteiger charge is 2.45. The second kappa shape index (κ2) is 10.9. The van der Waals surface area contributed by atoms with Crippen molar-refractivity contribution in [3.05, 3.63) is 72.1 Å². The van der Waals surface area contributed by atoms with Gasteiger partial charge in [0.15, 0.2) is 5.79 Å². The van der Waals surface area contributed by atoms with Crippen molar-refractivity contribution in [2.75, 3.05) is 13.2 Å². The minimum Gasteiger partial charge on any atom is -0.348 e. The summed E-state index contributed by atoms with van der Waals surface area (Å²) in [6, 6.07) is 10.5. The Labute approximate surface area is 176 Å². The van der Waals surface area contributed by atoms with Crippen LogP contribution in [0.2, 0.25) is 0 Å². The molecule has 0 aromatic heterocycles. The van der Waals surface area contributed by atoms with Crippen LogP contribution >= 0.6 is 0 Å². The summed E-state index contributed by atoms with van der Waals surface area (Å²) in [5, 5.41) is 3.72. The molecule has 1 aliphatic heterocycles. The summed E-state index contributed by atoms with van der Waals surface area (Å²) in [4.78, 5) is 0. The number of alkyl halides is 2. The predicted molar refractivity (Wildman–Crippen MR) is 112 cm³/mol. The number of benzene rings is 1. The SMILES string of the molecule is CC(NC1CCC2(CC1CC(/C=C\F)=C/C=C/C(F)F)OCCO2)c1ccccc1. The molecule has 2 aliphatic rings. The van der Waals surface area contributed by atoms with Crippen LogP contribution in [0.3, 0.4) is 0 Å². The molecule has 30 heavy (non-hydrogen) atoms. The second-order valence-electron chi connectivity index (χ2n) is 7.97. The Bertz CT molecular complexity index is 742. The maximum absolute atomic E-state index is 12.9. The van der Waals surface area contributed by atoms with Crippen LogP contribution in [-0.4, -0.2) is 31.5 Å². The van der Waals surface area contributed by atoms with Crippen LogP contribution in [0.4, 0.5) is 13.2 Å². The van der Waals surface area contributed by atoms with E-state index in [2.05, 4.69) is 24.4 Å². The van der Waals surface area contributed by atoms with Crippen LogP contribution in [0.25, 0.3) is 0 Å². The summed E-state index contributed by atoms with van der Waals surface area (Å²) in [6.07, 6.45) is 5.79. The molecule has 1 spiro atoms. The van der Waals surface area contributed by atoms with Gasteiger partial charge in [-0.25, -0.2) is 13.2 Å². The summed E-state index contributed by atoms with van der Waals surface area (Å²) >= 11 is 0. The van der Waals surface area contributed by atoms with E-state index in [1.54, 1.807) is 6.08 Å². The largest absolute Gasteiger partial charge is 0.348 e. The van der Waals surface area contributed by atoms with Gasteiger partial charge in [-0.1, -0.05) is 42.5 Å². The number of allylic oxidation sites excluding steroid dienone is 5. The molecule has 1 N–H and O–H groups in total. The molecule has 3 atom stereocenters. The van der Waals surface area contributed by atoms with Gasteiger partial charge >= 0.3 is 0 Å². The molecule has 0 amide bonds. The van der Waals surface area contributed by atoms with Crippen molar-refractivity contribution in [3.8, 4) is 0 Å². The van der Waals surface area contributed by atoms with E-state index in [0.29, 0.717) is 38.0 Å². The molecule has 3 nitrogen and oxygen atoms in total. The minimum atomic E-state index is -2.53. The first kappa shape index (κ1) is 22.8. The fourth-order valence-corrected chi connectivity index (χ4v) is 4.45. The van der Waals surface area contributed by atoms with Crippen LogP contribution in [-0.2, 0) is 9.47 Å². The monoisotopic (exact) mass is 421 g/mol. The van der Waals surface area contributed by atoms with Gasteiger partial charge in [0.05, 0.1) is 19.5 Å². The van der Waals surface area contributed by atoms with E-state index >= 15 is 0 Å². The molecule has 1 heterocycles. The smallest absolute Gasteiger partial charge is 0.257 e. The molecule has 3 rings (SSSR count). The lowest BCUT2D eigenvalue weighted by Crippen LogP contribution is -2.48. The van der Waals surface area contributed by atoms with E-state index < -0.39 is 12.2 Å². The van der Waals surface area contributed by atoms with Gasteiger partial charge in [0.25, 0.3) is 6.43 Å². The quantitative estimate of drug-likeness (QED) is 0.533. The third-order valence-electron chi connectivity index (χ3n) is 5.90. The van der Waals surface area contributed by atoms with Gasteiger partial charge in [0.2, 0.25) is 0 Å². The molecule has 0 bridgehead atoms. The topological polar surface area (TPSA) is 30.5 Å². The Morgan fingerprint density at radius 2 is 1.97 bits per heavy atom. The van der Waals surface area contributed by atoms with Crippen molar-refractivity contribution < 1.29 is 22.6 Å². The summed E-state index contributed by atoms with van der Waals surface area (Å²) in [7, 11) is 0. The Kier molecular flexibility index (Phi) is 8.31. The number of rotatable bonds is 8. The van der Waals surface area contributed by atoms with Crippen LogP contribution < -0.4 is 5.32 Å². The first-order valence-electron chi connectivity index (χ1n) is 10.5. The lowest BCUT2D eigenvalue weighted by Gasteiger charge is -2.42. The molecular formula is C24H30F3NO2. The van der Waals surface area contributed by atoms with Crippen molar-refractivity contribution in [2.45, 2.75) is 56.9 Å². The highest BCUT2D eigenvalue weighted by molar-refractivity contribution is 5.24. The standard InChI is InChI=1S/C24H30F3NO2/c1-18(20-7-3-2-4-8-20)28-22-10-12-24(29-14-15-30-24)17-21(22)16-19(11-13-25)6-5-9-23(26)27/h2-9,11,13,18,21-23,28H,10,12,14-17H2,1H3/b9-5+,13-11-,19-6+. The van der Waals surface area contributed by atoms with Crippen molar-refractivity contribution in [2.24, 2.45) is 5.92 Å². The Morgan fingerprint density at radius 1 is 1.23 bits per heavy atom. The normalized spacial score (nSPS) is 25.7. The lowest BCUT2D eigenvalue weighted by molar-refractivity contribution is -0.191. The maximum atomic E-state index is 12.9. The van der Waals surface area contributed by atoms with E-state index in [0.717, 1.165) is 18.9 Å². The van der Waals surface area contributed by atoms with E-state index in [4.69, 9.17) is 9.47 Å². The van der Waals surface area contributed by atoms with Crippen molar-refractivity contribution >= 4 is 0 Å². The fraction of sp³-hybridized carbons (Fsp3) is 0.500. The molecular weight excluding hydrogens is 391 g/mol. The molecule has 164 valence electrons. The molecule has 1 aliphatic carbocycles. The highest BCUT2D eigenvalue weighted by atomic mass is 19.3. The second-order valence-corrected chi connectivity index (χ2v) is 7.97. The zero-order valence-electron chi connectivity index (χ0n) is 17.3. The van der Waals surface area contributed by atoms with E-state index in [1.165, 1.54) is 17.7 Å². The zero-order chi connectivity index (χ0) is 21.4. The van der Waals surface area contributed by atoms with Crippen molar-refractivity contribution in [1.29, 1.82) is 0 Å². The minimum absolute atomic E-state index is 0.116. The van der Waals surface area contributed by atoms with Crippen LogP contribution in [0, 0.1) is 5.92 Å². The fourth-order valence-electron chi connectivity index (χ4n) is 4.45. The first-order valence-corrected chi connectivity index (χ1v) is 10.5. The number of halogens is 3. The van der Waals surface area contributed by atoms with Gasteiger partial charge in [0, 0.05) is 24.9 Å². The van der Waals surface area contributed by atoms with Crippen LogP contribution in [0.15, 0.2) is 66.5 Å². The molecule has 3 unspecified atom stereocenters. The average molecular weight is 422 g/mol. The lowest BCUT2D eigenvalue weighted by atomic mass is 9.77. The summed E-state index contributed by atoms with van der Waals surface area (Å²) in [5.74, 6) is -0.465. The highest BCUT2D eigenvalue weighted by Crippen LogP contribution is 2.42. The van der Waals surface area contributed by atoms with Crippen molar-refractivity contribution in [1.82, 2.24) is 5.32 Å². The number of nitrogens with one attached hydrogen (secondary N) is 1. The maximum Gasteiger partial charge on any atom is 0.257 e. The van der Waals surface area contributed by atoms with Gasteiger partial charge in [-0.3, -0.25) is 0 Å². The predicted octanol–water partition coefficient (Wildman–Crippen LogP) is 5.87. The number of hydrogen-bond acceptors (Lipinski definition) is 3. The van der Waals surface area contributed by atoms with E-state index in [-0.39, 0.29) is 18.0 Å². The molecule has 1 aromatic rings. The van der Waals surface area contributed by atoms with Gasteiger partial charge in [-0.2, -0.15) is 0 Å². The molecule has 2 fully saturated rings. The third-order valence-corrected chi connectivity index (χ3v) is 5.90.